The number of nitrogens with one attached hydrogen (secondary N) is 1. The minimum atomic E-state index is -1.05. The van der Waals surface area contributed by atoms with Crippen molar-refractivity contribution in [1.82, 2.24) is 5.32 Å². The zero-order valence-corrected chi connectivity index (χ0v) is 22.7. The molecule has 11 heteroatoms. The number of nitrogens with two attached hydrogens (primary N) is 2. The molecular formula is C26H45N3O8. The van der Waals surface area contributed by atoms with E-state index in [4.69, 9.17) is 31.5 Å². The molecule has 0 aliphatic carbocycles. The monoisotopic (exact) mass is 527 g/mol. The third-order valence-corrected chi connectivity index (χ3v) is 4.60. The Bertz CT molecular complexity index is 774. The molecule has 0 spiro atoms. The van der Waals surface area contributed by atoms with Crippen LogP contribution in [-0.4, -0.2) is 57.4 Å². The Morgan fingerprint density at radius 2 is 1.14 bits per heavy atom. The zero-order chi connectivity index (χ0) is 29.1. The Balaban J connectivity index is 0. The van der Waals surface area contributed by atoms with E-state index in [0.717, 1.165) is 5.56 Å². The fourth-order valence-corrected chi connectivity index (χ4v) is 2.82. The average Bonchev–Trinajstić information content (AvgIpc) is 2.77. The Morgan fingerprint density at radius 1 is 0.730 bits per heavy atom. The summed E-state index contributed by atoms with van der Waals surface area (Å²) < 4.78 is 4.98. The van der Waals surface area contributed by atoms with Crippen LogP contribution < -0.4 is 16.8 Å². The summed E-state index contributed by atoms with van der Waals surface area (Å²) >= 11 is 0. The second-order valence-electron chi connectivity index (χ2n) is 9.88. The minimum absolute atomic E-state index is 0.126. The van der Waals surface area contributed by atoms with Gasteiger partial charge in [0.1, 0.15) is 24.7 Å². The Hall–Kier alpha value is -3.18. The van der Waals surface area contributed by atoms with Crippen molar-refractivity contribution >= 4 is 24.0 Å². The van der Waals surface area contributed by atoms with Crippen LogP contribution in [0, 0.1) is 17.8 Å². The van der Waals surface area contributed by atoms with Gasteiger partial charge in [-0.3, -0.25) is 9.59 Å². The summed E-state index contributed by atoms with van der Waals surface area (Å²) in [6.07, 6.45) is 0.761. The first-order valence-electron chi connectivity index (χ1n) is 12.2. The van der Waals surface area contributed by atoms with E-state index in [1.807, 2.05) is 71.9 Å². The van der Waals surface area contributed by atoms with Gasteiger partial charge in [-0.1, -0.05) is 71.9 Å². The van der Waals surface area contributed by atoms with Crippen LogP contribution in [0.5, 0.6) is 0 Å². The molecule has 0 radical (unpaired) electrons. The van der Waals surface area contributed by atoms with Crippen LogP contribution in [0.25, 0.3) is 0 Å². The number of rotatable bonds is 12. The van der Waals surface area contributed by atoms with Crippen molar-refractivity contribution < 1.29 is 39.2 Å². The summed E-state index contributed by atoms with van der Waals surface area (Å²) in [6.45, 7) is 11.7. The van der Waals surface area contributed by atoms with Crippen LogP contribution in [0.1, 0.15) is 66.4 Å². The van der Waals surface area contributed by atoms with E-state index >= 15 is 0 Å². The normalized spacial score (nSPS) is 12.8. The Labute approximate surface area is 219 Å². The fourth-order valence-electron chi connectivity index (χ4n) is 2.82. The van der Waals surface area contributed by atoms with Crippen molar-refractivity contribution in [1.29, 1.82) is 0 Å². The van der Waals surface area contributed by atoms with Crippen molar-refractivity contribution in [2.24, 2.45) is 29.2 Å². The number of benzene rings is 1. The summed E-state index contributed by atoms with van der Waals surface area (Å²) in [7, 11) is 0. The molecule has 0 aliphatic heterocycles. The standard InChI is InChI=1S/C14H19NO4.2C6H13NO2/c1-10(2)8-12(13(16)17)15-14(18)19-9-11-6-4-3-5-7-11;2*1-4(2)3-5(7)6(8)9/h3-7,10,12H,8-9H2,1-2H3,(H,15,18)(H,16,17);2*4-5H,3,7H2,1-2H3,(H,8,9)/t12-;2*5-/m000/s1. The lowest BCUT2D eigenvalue weighted by atomic mass is 10.0. The van der Waals surface area contributed by atoms with Crippen LogP contribution in [0.3, 0.4) is 0 Å². The third-order valence-electron chi connectivity index (χ3n) is 4.60. The molecule has 0 aliphatic rings. The molecule has 1 aromatic rings. The average molecular weight is 528 g/mol. The summed E-state index contributed by atoms with van der Waals surface area (Å²) in [4.78, 5) is 42.7. The molecule has 3 atom stereocenters. The van der Waals surface area contributed by atoms with Crippen molar-refractivity contribution in [3.05, 3.63) is 35.9 Å². The number of carbonyl (C=O) groups is 4. The topological polar surface area (TPSA) is 202 Å². The van der Waals surface area contributed by atoms with Gasteiger partial charge in [0.25, 0.3) is 0 Å². The van der Waals surface area contributed by atoms with E-state index in [1.165, 1.54) is 0 Å². The molecule has 0 saturated carbocycles. The highest BCUT2D eigenvalue weighted by molar-refractivity contribution is 5.79. The summed E-state index contributed by atoms with van der Waals surface area (Å²) in [5, 5.41) is 28.0. The number of aliphatic carboxylic acids is 3. The van der Waals surface area contributed by atoms with Gasteiger partial charge in [0.2, 0.25) is 0 Å². The maximum atomic E-state index is 11.5. The van der Waals surface area contributed by atoms with E-state index in [-0.39, 0.29) is 12.5 Å². The zero-order valence-electron chi connectivity index (χ0n) is 22.7. The number of ether oxygens (including phenoxy) is 1. The second-order valence-corrected chi connectivity index (χ2v) is 9.88. The third kappa shape index (κ3) is 21.8. The van der Waals surface area contributed by atoms with Crippen LogP contribution in [0.4, 0.5) is 4.79 Å². The van der Waals surface area contributed by atoms with E-state index in [0.29, 0.717) is 31.1 Å². The van der Waals surface area contributed by atoms with Crippen LogP contribution in [0.15, 0.2) is 30.3 Å². The molecule has 1 amide bonds. The van der Waals surface area contributed by atoms with E-state index in [2.05, 4.69) is 5.32 Å². The predicted octanol–water partition coefficient (Wildman–Crippen LogP) is 3.30. The molecule has 0 aromatic heterocycles. The van der Waals surface area contributed by atoms with Gasteiger partial charge < -0.3 is 36.8 Å². The van der Waals surface area contributed by atoms with Gasteiger partial charge in [-0.25, -0.2) is 9.59 Å². The molecule has 8 N–H and O–H groups in total. The van der Waals surface area contributed by atoms with E-state index < -0.39 is 42.1 Å². The van der Waals surface area contributed by atoms with Gasteiger partial charge in [-0.15, -0.1) is 0 Å². The van der Waals surface area contributed by atoms with Gasteiger partial charge in [-0.2, -0.15) is 0 Å². The SMILES string of the molecule is CC(C)C[C@H](N)C(=O)O.CC(C)C[C@H](N)C(=O)O.CC(C)C[C@H](NC(=O)OCc1ccccc1)C(=O)O. The lowest BCUT2D eigenvalue weighted by Crippen LogP contribution is -2.41. The number of carbonyl (C=O) groups excluding carboxylic acids is 1. The highest BCUT2D eigenvalue weighted by atomic mass is 16.5. The first-order chi connectivity index (χ1) is 17.1. The van der Waals surface area contributed by atoms with Gasteiger partial charge in [0.15, 0.2) is 0 Å². The van der Waals surface area contributed by atoms with E-state index in [9.17, 15) is 19.2 Å². The fraction of sp³-hybridized carbons (Fsp3) is 0.615. The van der Waals surface area contributed by atoms with Crippen molar-refractivity contribution in [3.8, 4) is 0 Å². The number of carboxylic acids is 3. The Kier molecular flexibility index (Phi) is 19.4. The molecule has 212 valence electrons. The number of amides is 1. The number of hydrogen-bond acceptors (Lipinski definition) is 7. The molecule has 0 saturated heterocycles. The van der Waals surface area contributed by atoms with Gasteiger partial charge in [0, 0.05) is 0 Å². The lowest BCUT2D eigenvalue weighted by molar-refractivity contribution is -0.140. The molecule has 0 heterocycles. The van der Waals surface area contributed by atoms with Crippen LogP contribution >= 0.6 is 0 Å². The highest BCUT2D eigenvalue weighted by Gasteiger charge is 2.21. The quantitative estimate of drug-likeness (QED) is 0.234. The van der Waals surface area contributed by atoms with Gasteiger partial charge in [0.05, 0.1) is 0 Å². The minimum Gasteiger partial charge on any atom is -0.480 e. The lowest BCUT2D eigenvalue weighted by Gasteiger charge is -2.16. The molecule has 37 heavy (non-hydrogen) atoms. The Morgan fingerprint density at radius 3 is 1.43 bits per heavy atom. The number of hydrogen-bond donors (Lipinski definition) is 6. The first-order valence-corrected chi connectivity index (χ1v) is 12.2. The van der Waals surface area contributed by atoms with Crippen molar-refractivity contribution in [2.45, 2.75) is 85.5 Å². The second kappa shape index (κ2) is 19.9. The summed E-state index contributed by atoms with van der Waals surface area (Å²) in [5.74, 6) is -1.99. The van der Waals surface area contributed by atoms with Gasteiger partial charge >= 0.3 is 24.0 Å². The largest absolute Gasteiger partial charge is 0.480 e. The van der Waals surface area contributed by atoms with Gasteiger partial charge in [-0.05, 0) is 42.6 Å². The van der Waals surface area contributed by atoms with E-state index in [1.54, 1.807) is 0 Å². The molecule has 0 fully saturated rings. The maximum Gasteiger partial charge on any atom is 0.408 e. The molecule has 0 bridgehead atoms. The molecular weight excluding hydrogens is 482 g/mol. The highest BCUT2D eigenvalue weighted by Crippen LogP contribution is 2.06. The van der Waals surface area contributed by atoms with Crippen molar-refractivity contribution in [2.75, 3.05) is 0 Å². The van der Waals surface area contributed by atoms with Crippen LogP contribution in [-0.2, 0) is 25.7 Å². The first kappa shape index (κ1) is 36.0. The van der Waals surface area contributed by atoms with Crippen LogP contribution in [0.2, 0.25) is 0 Å². The predicted molar refractivity (Wildman–Crippen MR) is 141 cm³/mol. The van der Waals surface area contributed by atoms with Crippen molar-refractivity contribution in [3.63, 3.8) is 0 Å². The summed E-state index contributed by atoms with van der Waals surface area (Å²) in [6, 6.07) is 6.92. The maximum absolute atomic E-state index is 11.5. The number of carboxylic acid groups (broad SMARTS) is 3. The molecule has 0 unspecified atom stereocenters. The molecule has 1 rings (SSSR count). The summed E-state index contributed by atoms with van der Waals surface area (Å²) in [5.41, 5.74) is 11.3. The molecule has 11 nitrogen and oxygen atoms in total. The molecule has 1 aromatic carbocycles. The smallest absolute Gasteiger partial charge is 0.408 e. The number of alkyl carbamates (subject to hydrolysis) is 1.